The molecule has 64 valence electrons. The van der Waals surface area contributed by atoms with E-state index in [4.69, 9.17) is 16.7 Å². The predicted molar refractivity (Wildman–Crippen MR) is 37.4 cm³/mol. The first-order valence-corrected chi connectivity index (χ1v) is 3.33. The van der Waals surface area contributed by atoms with E-state index in [0.29, 0.717) is 0 Å². The van der Waals surface area contributed by atoms with E-state index in [1.165, 1.54) is 6.92 Å². The summed E-state index contributed by atoms with van der Waals surface area (Å²) in [5.41, 5.74) is 0. The third-order valence-corrected chi connectivity index (χ3v) is 1.000. The molecule has 0 saturated carbocycles. The molecule has 0 aromatic carbocycles. The van der Waals surface area contributed by atoms with E-state index in [-0.39, 0.29) is 6.07 Å². The number of alkyl halides is 1. The molecule has 11 heavy (non-hydrogen) atoms. The second kappa shape index (κ2) is 4.79. The van der Waals surface area contributed by atoms with Crippen LogP contribution < -0.4 is 5.32 Å². The number of aliphatic carboxylic acids is 1. The first-order valence-electron chi connectivity index (χ1n) is 2.80. The monoisotopic (exact) mass is 181 g/mol. The van der Waals surface area contributed by atoms with Crippen molar-refractivity contribution in [2.75, 3.05) is 6.07 Å². The zero-order chi connectivity index (χ0) is 8.85. The molecule has 0 radical (unpaired) electrons. The van der Waals surface area contributed by atoms with E-state index >= 15 is 0 Å². The van der Waals surface area contributed by atoms with Crippen molar-refractivity contribution in [3.05, 3.63) is 0 Å². The minimum Gasteiger partial charge on any atom is -0.480 e. The van der Waals surface area contributed by atoms with Crippen LogP contribution in [-0.4, -0.2) is 29.3 Å². The van der Waals surface area contributed by atoms with E-state index in [2.05, 4.69) is 4.74 Å². The second-order valence-electron chi connectivity index (χ2n) is 1.75. The number of ether oxygens (including phenoxy) is 1. The fraction of sp³-hybridized carbons (Fsp3) is 0.600. The SMILES string of the molecule is CC(NC(=O)OCCl)C(=O)O. The molecule has 1 atom stereocenters. The van der Waals surface area contributed by atoms with Gasteiger partial charge in [-0.1, -0.05) is 11.6 Å². The number of carboxylic acids is 1. The minimum absolute atomic E-state index is 0.293. The Labute approximate surface area is 68.3 Å². The zero-order valence-electron chi connectivity index (χ0n) is 5.83. The third kappa shape index (κ3) is 4.44. The van der Waals surface area contributed by atoms with Gasteiger partial charge >= 0.3 is 12.1 Å². The molecule has 0 heterocycles. The Morgan fingerprint density at radius 1 is 1.73 bits per heavy atom. The van der Waals surface area contributed by atoms with Crippen molar-refractivity contribution >= 4 is 23.7 Å². The third-order valence-electron chi connectivity index (χ3n) is 0.890. The highest BCUT2D eigenvalue weighted by atomic mass is 35.5. The highest BCUT2D eigenvalue weighted by Gasteiger charge is 2.13. The lowest BCUT2D eigenvalue weighted by molar-refractivity contribution is -0.138. The van der Waals surface area contributed by atoms with Gasteiger partial charge in [-0.15, -0.1) is 0 Å². The number of alkyl carbamates (subject to hydrolysis) is 1. The number of carbonyl (C=O) groups is 2. The molecule has 0 aliphatic rings. The molecule has 0 bridgehead atoms. The van der Waals surface area contributed by atoms with Crippen molar-refractivity contribution in [3.63, 3.8) is 0 Å². The van der Waals surface area contributed by atoms with Gasteiger partial charge in [-0.3, -0.25) is 4.79 Å². The maximum Gasteiger partial charge on any atom is 0.409 e. The minimum atomic E-state index is -1.13. The molecule has 0 aromatic heterocycles. The molecule has 5 nitrogen and oxygen atoms in total. The molecule has 0 aliphatic heterocycles. The van der Waals surface area contributed by atoms with Gasteiger partial charge in [0.15, 0.2) is 6.07 Å². The molecule has 2 N–H and O–H groups in total. The van der Waals surface area contributed by atoms with E-state index in [0.717, 1.165) is 0 Å². The molecule has 0 spiro atoms. The van der Waals surface area contributed by atoms with E-state index in [1.54, 1.807) is 0 Å². The number of amides is 1. The smallest absolute Gasteiger partial charge is 0.409 e. The number of hydrogen-bond donors (Lipinski definition) is 2. The summed E-state index contributed by atoms with van der Waals surface area (Å²) in [5.74, 6) is -1.13. The van der Waals surface area contributed by atoms with E-state index in [1.807, 2.05) is 5.32 Å². The number of carbonyl (C=O) groups excluding carboxylic acids is 1. The second-order valence-corrected chi connectivity index (χ2v) is 1.96. The highest BCUT2D eigenvalue weighted by Crippen LogP contribution is 1.85. The van der Waals surface area contributed by atoms with Gasteiger partial charge in [0.1, 0.15) is 6.04 Å². The summed E-state index contributed by atoms with van der Waals surface area (Å²) in [5, 5.41) is 10.3. The largest absolute Gasteiger partial charge is 0.480 e. The van der Waals surface area contributed by atoms with Crippen LogP contribution in [0, 0.1) is 0 Å². The summed E-state index contributed by atoms with van der Waals surface area (Å²) in [6, 6.07) is -1.26. The highest BCUT2D eigenvalue weighted by molar-refractivity contribution is 6.17. The first-order chi connectivity index (χ1) is 5.07. The summed E-state index contributed by atoms with van der Waals surface area (Å²) in [4.78, 5) is 20.6. The van der Waals surface area contributed by atoms with Crippen LogP contribution in [0.15, 0.2) is 0 Å². The van der Waals surface area contributed by atoms with Gasteiger partial charge in [-0.25, -0.2) is 4.79 Å². The molecule has 6 heteroatoms. The topological polar surface area (TPSA) is 75.6 Å². The Hall–Kier alpha value is -0.970. The van der Waals surface area contributed by atoms with Crippen LogP contribution in [0.1, 0.15) is 6.92 Å². The normalized spacial score (nSPS) is 11.8. The van der Waals surface area contributed by atoms with Crippen LogP contribution >= 0.6 is 11.6 Å². The van der Waals surface area contributed by atoms with Crippen molar-refractivity contribution in [3.8, 4) is 0 Å². The zero-order valence-corrected chi connectivity index (χ0v) is 6.59. The number of rotatable bonds is 3. The fourth-order valence-electron chi connectivity index (χ4n) is 0.330. The number of carboxylic acid groups (broad SMARTS) is 1. The van der Waals surface area contributed by atoms with Gasteiger partial charge < -0.3 is 15.2 Å². The van der Waals surface area contributed by atoms with Gasteiger partial charge in [0.25, 0.3) is 0 Å². The Bertz CT molecular complexity index is 161. The molecule has 0 fully saturated rings. The van der Waals surface area contributed by atoms with Crippen molar-refractivity contribution in [1.82, 2.24) is 5.32 Å². The van der Waals surface area contributed by atoms with Crippen molar-refractivity contribution in [2.24, 2.45) is 0 Å². The first kappa shape index (κ1) is 10.0. The lowest BCUT2D eigenvalue weighted by Crippen LogP contribution is -2.38. The van der Waals surface area contributed by atoms with Crippen LogP contribution in [0.2, 0.25) is 0 Å². The Morgan fingerprint density at radius 3 is 2.64 bits per heavy atom. The number of nitrogens with one attached hydrogen (secondary N) is 1. The summed E-state index contributed by atoms with van der Waals surface area (Å²) >= 11 is 5.03. The average Bonchev–Trinajstić information content (AvgIpc) is 1.87. The summed E-state index contributed by atoms with van der Waals surface area (Å²) < 4.78 is 4.21. The molecule has 0 saturated heterocycles. The van der Waals surface area contributed by atoms with Gasteiger partial charge in [-0.2, -0.15) is 0 Å². The van der Waals surface area contributed by atoms with Crippen LogP contribution in [0.5, 0.6) is 0 Å². The Balaban J connectivity index is 3.66. The van der Waals surface area contributed by atoms with Gasteiger partial charge in [0.05, 0.1) is 0 Å². The molecule has 1 unspecified atom stereocenters. The predicted octanol–water partition coefficient (Wildman–Crippen LogP) is 0.382. The fourth-order valence-corrected chi connectivity index (χ4v) is 0.429. The molecule has 0 aliphatic carbocycles. The molecule has 0 aromatic rings. The maximum atomic E-state index is 10.5. The molecule has 1 amide bonds. The van der Waals surface area contributed by atoms with Crippen LogP contribution in [0.3, 0.4) is 0 Å². The van der Waals surface area contributed by atoms with Crippen molar-refractivity contribution in [2.45, 2.75) is 13.0 Å². The van der Waals surface area contributed by atoms with Crippen LogP contribution in [0.4, 0.5) is 4.79 Å². The Kier molecular flexibility index (Phi) is 4.36. The average molecular weight is 182 g/mol. The number of hydrogen-bond acceptors (Lipinski definition) is 3. The standard InChI is InChI=1S/C5H8ClNO4/c1-3(4(8)9)7-5(10)11-2-6/h3H,2H2,1H3,(H,7,10)(H,8,9). The lowest BCUT2D eigenvalue weighted by atomic mass is 10.4. The van der Waals surface area contributed by atoms with E-state index < -0.39 is 18.1 Å². The molecule has 0 rings (SSSR count). The van der Waals surface area contributed by atoms with Crippen molar-refractivity contribution in [1.29, 1.82) is 0 Å². The van der Waals surface area contributed by atoms with Gasteiger partial charge in [-0.05, 0) is 6.92 Å². The quantitative estimate of drug-likeness (QED) is 0.618. The van der Waals surface area contributed by atoms with E-state index in [9.17, 15) is 9.59 Å². The van der Waals surface area contributed by atoms with Gasteiger partial charge in [0.2, 0.25) is 0 Å². The lowest BCUT2D eigenvalue weighted by Gasteiger charge is -2.07. The summed E-state index contributed by atoms with van der Waals surface area (Å²) in [6.45, 7) is 1.32. The summed E-state index contributed by atoms with van der Waals surface area (Å²) in [7, 11) is 0. The number of halogens is 1. The maximum absolute atomic E-state index is 10.5. The molecular formula is C5H8ClNO4. The molecular weight excluding hydrogens is 174 g/mol. The Morgan fingerprint density at radius 2 is 2.27 bits per heavy atom. The van der Waals surface area contributed by atoms with Crippen LogP contribution in [0.25, 0.3) is 0 Å². The van der Waals surface area contributed by atoms with Crippen molar-refractivity contribution < 1.29 is 19.4 Å². The van der Waals surface area contributed by atoms with Gasteiger partial charge in [0, 0.05) is 0 Å². The van der Waals surface area contributed by atoms with Crippen LogP contribution in [-0.2, 0) is 9.53 Å². The summed E-state index contributed by atoms with van der Waals surface area (Å²) in [6.07, 6.45) is -0.838.